The van der Waals surface area contributed by atoms with Crippen molar-refractivity contribution < 1.29 is 18.3 Å². The molecule has 1 saturated carbocycles. The van der Waals surface area contributed by atoms with Gasteiger partial charge < -0.3 is 15.0 Å². The third-order valence-electron chi connectivity index (χ3n) is 6.10. The van der Waals surface area contributed by atoms with Crippen molar-refractivity contribution in [2.75, 3.05) is 5.32 Å². The normalized spacial score (nSPS) is 19.0. The van der Waals surface area contributed by atoms with E-state index in [4.69, 9.17) is 4.74 Å². The Morgan fingerprint density at radius 1 is 1.18 bits per heavy atom. The highest BCUT2D eigenvalue weighted by molar-refractivity contribution is 5.91. The van der Waals surface area contributed by atoms with Crippen LogP contribution in [-0.2, 0) is 4.79 Å². The first-order valence-corrected chi connectivity index (χ1v) is 10.8. The van der Waals surface area contributed by atoms with Crippen molar-refractivity contribution >= 4 is 11.7 Å². The molecular weight excluding hydrogens is 430 g/mol. The van der Waals surface area contributed by atoms with E-state index in [0.717, 1.165) is 43.4 Å². The molecule has 0 spiro atoms. The molecule has 1 fully saturated rings. The molecule has 2 heterocycles. The molecule has 1 amide bonds. The Bertz CT molecular complexity index is 1160. The maximum atomic E-state index is 13.7. The first-order valence-electron chi connectivity index (χ1n) is 10.8. The van der Waals surface area contributed by atoms with Gasteiger partial charge in [-0.3, -0.25) is 9.59 Å². The largest absolute Gasteiger partial charge is 0.434 e. The van der Waals surface area contributed by atoms with E-state index < -0.39 is 11.6 Å². The van der Waals surface area contributed by atoms with Gasteiger partial charge in [0.2, 0.25) is 17.3 Å². The summed E-state index contributed by atoms with van der Waals surface area (Å²) in [5, 5.41) is 2.77. The van der Waals surface area contributed by atoms with Crippen LogP contribution < -0.4 is 15.6 Å². The van der Waals surface area contributed by atoms with Gasteiger partial charge in [0.1, 0.15) is 5.82 Å². The third kappa shape index (κ3) is 5.60. The van der Waals surface area contributed by atoms with Gasteiger partial charge in [-0.15, -0.1) is 0 Å². The number of rotatable bonds is 6. The second-order valence-corrected chi connectivity index (χ2v) is 8.30. The fourth-order valence-corrected chi connectivity index (χ4v) is 4.22. The Morgan fingerprint density at radius 3 is 2.73 bits per heavy atom. The van der Waals surface area contributed by atoms with Crippen LogP contribution >= 0.6 is 0 Å². The predicted molar refractivity (Wildman–Crippen MR) is 118 cm³/mol. The monoisotopic (exact) mass is 454 g/mol. The molecule has 1 aliphatic carbocycles. The minimum Gasteiger partial charge on any atom is -0.434 e. The Hall–Kier alpha value is -3.62. The van der Waals surface area contributed by atoms with Crippen molar-refractivity contribution in [2.24, 2.45) is 11.8 Å². The lowest BCUT2D eigenvalue weighted by molar-refractivity contribution is -0.121. The summed E-state index contributed by atoms with van der Waals surface area (Å²) in [6.07, 6.45) is 8.20. The van der Waals surface area contributed by atoms with Gasteiger partial charge in [0, 0.05) is 24.2 Å². The van der Waals surface area contributed by atoms with Crippen LogP contribution in [0.25, 0.3) is 0 Å². The molecule has 0 bridgehead atoms. The molecule has 1 aliphatic rings. The van der Waals surface area contributed by atoms with Gasteiger partial charge in [-0.25, -0.2) is 18.7 Å². The number of halogens is 2. The molecule has 9 heteroatoms. The molecule has 0 saturated heterocycles. The standard InChI is InChI=1S/C24H24F2N4O3/c1-14(15-3-2-4-16(9-15)17-5-8-22(31)28-11-17)24(32)30-21-12-29-23(13-27-21)33-20-7-6-18(25)10-19(20)26/h5-8,10-16H,2-4,9H2,1H3,(H,28,31)(H,27,30,32)/t14?,15-,16+/m0/s1. The summed E-state index contributed by atoms with van der Waals surface area (Å²) in [4.78, 5) is 35.0. The second kappa shape index (κ2) is 9.89. The number of nitrogens with zero attached hydrogens (tertiary/aromatic N) is 2. The van der Waals surface area contributed by atoms with Crippen LogP contribution in [0, 0.1) is 23.5 Å². The summed E-state index contributed by atoms with van der Waals surface area (Å²) in [7, 11) is 0. The Morgan fingerprint density at radius 2 is 2.03 bits per heavy atom. The molecule has 2 N–H and O–H groups in total. The maximum absolute atomic E-state index is 13.7. The topological polar surface area (TPSA) is 97.0 Å². The van der Waals surface area contributed by atoms with Gasteiger partial charge in [0.25, 0.3) is 0 Å². The van der Waals surface area contributed by atoms with Crippen molar-refractivity contribution in [3.63, 3.8) is 0 Å². The number of benzene rings is 1. The van der Waals surface area contributed by atoms with E-state index in [1.807, 2.05) is 13.0 Å². The molecule has 33 heavy (non-hydrogen) atoms. The molecule has 172 valence electrons. The number of ether oxygens (including phenoxy) is 1. The minimum atomic E-state index is -0.851. The predicted octanol–water partition coefficient (Wildman–Crippen LogP) is 4.78. The lowest BCUT2D eigenvalue weighted by atomic mass is 9.73. The van der Waals surface area contributed by atoms with E-state index in [-0.39, 0.29) is 40.7 Å². The Balaban J connectivity index is 1.35. The van der Waals surface area contributed by atoms with Crippen LogP contribution in [0.15, 0.2) is 53.7 Å². The van der Waals surface area contributed by atoms with Crippen LogP contribution in [0.3, 0.4) is 0 Å². The molecule has 4 rings (SSSR count). The molecule has 1 aromatic carbocycles. The fourth-order valence-electron chi connectivity index (χ4n) is 4.22. The van der Waals surface area contributed by atoms with Crippen molar-refractivity contribution in [3.05, 3.63) is 76.5 Å². The summed E-state index contributed by atoms with van der Waals surface area (Å²) < 4.78 is 32.0. The quantitative estimate of drug-likeness (QED) is 0.559. The fraction of sp³-hybridized carbons (Fsp3) is 0.333. The minimum absolute atomic E-state index is 0.0163. The van der Waals surface area contributed by atoms with E-state index in [1.165, 1.54) is 18.5 Å². The second-order valence-electron chi connectivity index (χ2n) is 8.30. The van der Waals surface area contributed by atoms with Gasteiger partial charge in [0.15, 0.2) is 17.4 Å². The summed E-state index contributed by atoms with van der Waals surface area (Å²) in [6, 6.07) is 6.34. The summed E-state index contributed by atoms with van der Waals surface area (Å²) >= 11 is 0. The van der Waals surface area contributed by atoms with Crippen molar-refractivity contribution in [1.29, 1.82) is 0 Å². The number of nitrogens with one attached hydrogen (secondary N) is 2. The Labute approximate surface area is 189 Å². The number of anilines is 1. The zero-order chi connectivity index (χ0) is 23.4. The molecule has 2 aromatic heterocycles. The zero-order valence-electron chi connectivity index (χ0n) is 18.1. The van der Waals surface area contributed by atoms with Crippen LogP contribution in [0.5, 0.6) is 11.6 Å². The van der Waals surface area contributed by atoms with Crippen LogP contribution in [0.1, 0.15) is 44.1 Å². The number of amides is 1. The average Bonchev–Trinajstić information content (AvgIpc) is 2.82. The maximum Gasteiger partial charge on any atom is 0.247 e. The molecule has 7 nitrogen and oxygen atoms in total. The number of H-pyrrole nitrogens is 1. The zero-order valence-corrected chi connectivity index (χ0v) is 18.1. The number of aromatic nitrogens is 3. The van der Waals surface area contributed by atoms with Crippen molar-refractivity contribution in [2.45, 2.75) is 38.5 Å². The molecule has 3 aromatic rings. The van der Waals surface area contributed by atoms with E-state index >= 15 is 0 Å². The smallest absolute Gasteiger partial charge is 0.247 e. The highest BCUT2D eigenvalue weighted by atomic mass is 19.1. The lowest BCUT2D eigenvalue weighted by Crippen LogP contribution is -2.30. The van der Waals surface area contributed by atoms with Crippen molar-refractivity contribution in [3.8, 4) is 11.6 Å². The summed E-state index contributed by atoms with van der Waals surface area (Å²) in [5.41, 5.74) is 0.963. The molecule has 0 radical (unpaired) electrons. The van der Waals surface area contributed by atoms with Crippen molar-refractivity contribution in [1.82, 2.24) is 15.0 Å². The SMILES string of the molecule is CC(C(=O)Nc1cnc(Oc2ccc(F)cc2F)cn1)[C@H]1CCC[C@@H](c2ccc(=O)[nH]c2)C1. The number of pyridine rings is 1. The number of carbonyl (C=O) groups is 1. The van der Waals surface area contributed by atoms with Gasteiger partial charge in [-0.05, 0) is 48.8 Å². The molecule has 3 atom stereocenters. The number of carbonyl (C=O) groups excluding carboxylic acids is 1. The highest BCUT2D eigenvalue weighted by Crippen LogP contribution is 2.39. The van der Waals surface area contributed by atoms with Crippen LogP contribution in [0.4, 0.5) is 14.6 Å². The summed E-state index contributed by atoms with van der Waals surface area (Å²) in [5.74, 6) is -1.35. The highest BCUT2D eigenvalue weighted by Gasteiger charge is 2.30. The van der Waals surface area contributed by atoms with Crippen LogP contribution in [0.2, 0.25) is 0 Å². The van der Waals surface area contributed by atoms with Gasteiger partial charge in [-0.1, -0.05) is 19.4 Å². The summed E-state index contributed by atoms with van der Waals surface area (Å²) in [6.45, 7) is 1.90. The van der Waals surface area contributed by atoms with E-state index in [9.17, 15) is 18.4 Å². The van der Waals surface area contributed by atoms with Gasteiger partial charge in [0.05, 0.1) is 12.4 Å². The van der Waals surface area contributed by atoms with E-state index in [1.54, 1.807) is 6.20 Å². The first-order chi connectivity index (χ1) is 15.9. The first kappa shape index (κ1) is 22.6. The van der Waals surface area contributed by atoms with E-state index in [0.29, 0.717) is 12.0 Å². The van der Waals surface area contributed by atoms with Gasteiger partial charge in [-0.2, -0.15) is 0 Å². The third-order valence-corrected chi connectivity index (χ3v) is 6.10. The van der Waals surface area contributed by atoms with E-state index in [2.05, 4.69) is 20.3 Å². The average molecular weight is 454 g/mol. The number of hydrogen-bond acceptors (Lipinski definition) is 5. The van der Waals surface area contributed by atoms with Crippen LogP contribution in [-0.4, -0.2) is 20.9 Å². The molecule has 0 aliphatic heterocycles. The molecular formula is C24H24F2N4O3. The number of hydrogen-bond donors (Lipinski definition) is 2. The molecule has 1 unspecified atom stereocenters. The number of aromatic amines is 1. The van der Waals surface area contributed by atoms with Gasteiger partial charge >= 0.3 is 0 Å². The lowest BCUT2D eigenvalue weighted by Gasteiger charge is -2.32. The Kier molecular flexibility index (Phi) is 6.76.